The smallest absolute Gasteiger partial charge is 0.439 e. The summed E-state index contributed by atoms with van der Waals surface area (Å²) < 4.78 is 8.61. The number of allylic oxidation sites excluding steroid dienone is 2. The van der Waals surface area contributed by atoms with E-state index >= 15 is 0 Å². The van der Waals surface area contributed by atoms with Crippen molar-refractivity contribution in [2.24, 2.45) is 0 Å². The first-order valence-corrected chi connectivity index (χ1v) is 15.2. The largest absolute Gasteiger partial charge is 0.456 e. The molecule has 2 aromatic heterocycles. The third kappa shape index (κ3) is 3.52. The van der Waals surface area contributed by atoms with Crippen LogP contribution in [0.3, 0.4) is 0 Å². The Balaban J connectivity index is 1.24. The van der Waals surface area contributed by atoms with Gasteiger partial charge in [0, 0.05) is 39.6 Å². The Hall–Kier alpha value is -6.07. The molecule has 1 aliphatic carbocycles. The van der Waals surface area contributed by atoms with Crippen LogP contribution in [0.4, 0.5) is 23.0 Å². The van der Waals surface area contributed by atoms with Gasteiger partial charge in [0.15, 0.2) is 11.4 Å². The Morgan fingerprint density at radius 1 is 0.622 bits per heavy atom. The fourth-order valence-corrected chi connectivity index (χ4v) is 7.16. The van der Waals surface area contributed by atoms with Crippen LogP contribution in [0.25, 0.3) is 50.0 Å². The molecule has 5 nitrogen and oxygen atoms in total. The van der Waals surface area contributed by atoms with Crippen LogP contribution in [0.5, 0.6) is 0 Å². The van der Waals surface area contributed by atoms with E-state index in [9.17, 15) is 0 Å². The molecular weight excluding hydrogens is 552 g/mol. The molecule has 0 spiro atoms. The second-order valence-corrected chi connectivity index (χ2v) is 11.6. The Labute approximate surface area is 259 Å². The van der Waals surface area contributed by atoms with Crippen LogP contribution in [0, 0.1) is 0 Å². The monoisotopic (exact) mass is 577 g/mol. The van der Waals surface area contributed by atoms with Gasteiger partial charge in [0.2, 0.25) is 0 Å². The van der Waals surface area contributed by atoms with Crippen LogP contribution in [0.2, 0.25) is 0 Å². The molecule has 7 aromatic rings. The number of furan rings is 1. The molecule has 4 heterocycles. The predicted molar refractivity (Wildman–Crippen MR) is 183 cm³/mol. The zero-order chi connectivity index (χ0) is 29.5. The van der Waals surface area contributed by atoms with E-state index in [0.717, 1.165) is 67.2 Å². The first-order chi connectivity index (χ1) is 22.3. The van der Waals surface area contributed by atoms with E-state index in [0.29, 0.717) is 5.95 Å². The van der Waals surface area contributed by atoms with Gasteiger partial charge in [-0.3, -0.25) is 0 Å². The molecule has 3 aliphatic rings. The average Bonchev–Trinajstić information content (AvgIpc) is 3.64. The molecule has 5 aromatic carbocycles. The van der Waals surface area contributed by atoms with Crippen LogP contribution in [0.1, 0.15) is 5.56 Å². The quantitative estimate of drug-likeness (QED) is 0.196. The molecule has 0 radical (unpaired) electrons. The third-order valence-corrected chi connectivity index (χ3v) is 9.14. The molecule has 0 N–H and O–H groups in total. The molecule has 2 aliphatic heterocycles. The van der Waals surface area contributed by atoms with Crippen LogP contribution in [-0.2, 0) is 0 Å². The van der Waals surface area contributed by atoms with Gasteiger partial charge in [0.1, 0.15) is 28.6 Å². The van der Waals surface area contributed by atoms with E-state index in [1.54, 1.807) is 0 Å². The maximum atomic E-state index is 6.36. The van der Waals surface area contributed by atoms with Crippen molar-refractivity contribution in [3.05, 3.63) is 151 Å². The third-order valence-electron chi connectivity index (χ3n) is 9.14. The lowest BCUT2D eigenvalue weighted by atomic mass is 9.92. The Morgan fingerprint density at radius 3 is 2.09 bits per heavy atom. The Bertz CT molecular complexity index is 2380. The van der Waals surface area contributed by atoms with Crippen molar-refractivity contribution in [3.8, 4) is 22.5 Å². The van der Waals surface area contributed by atoms with Gasteiger partial charge in [-0.2, -0.15) is 4.58 Å². The summed E-state index contributed by atoms with van der Waals surface area (Å²) in [6.07, 6.45) is 6.62. The second kappa shape index (κ2) is 9.21. The number of aromatic nitrogens is 2. The minimum Gasteiger partial charge on any atom is -0.456 e. The second-order valence-electron chi connectivity index (χ2n) is 11.6. The number of para-hydroxylation sites is 3. The van der Waals surface area contributed by atoms with Gasteiger partial charge in [-0.25, -0.2) is 0 Å². The number of nitrogens with zero attached hydrogens (tertiary/aromatic N) is 4. The van der Waals surface area contributed by atoms with E-state index in [2.05, 4.69) is 131 Å². The predicted octanol–water partition coefficient (Wildman–Crippen LogP) is 9.47. The summed E-state index contributed by atoms with van der Waals surface area (Å²) in [5.74, 6) is 0.652. The molecule has 210 valence electrons. The van der Waals surface area contributed by atoms with Gasteiger partial charge in [-0.1, -0.05) is 113 Å². The number of anilines is 2. The lowest BCUT2D eigenvalue weighted by Crippen LogP contribution is -2.43. The molecular formula is C40H25N4O+. The summed E-state index contributed by atoms with van der Waals surface area (Å²) in [4.78, 5) is 12.9. The summed E-state index contributed by atoms with van der Waals surface area (Å²) in [5, 5.41) is 2.27. The van der Waals surface area contributed by atoms with Gasteiger partial charge >= 0.3 is 5.95 Å². The summed E-state index contributed by atoms with van der Waals surface area (Å²) in [6.45, 7) is 0. The van der Waals surface area contributed by atoms with E-state index < -0.39 is 0 Å². The molecule has 0 saturated heterocycles. The number of hydrogen-bond donors (Lipinski definition) is 0. The van der Waals surface area contributed by atoms with E-state index in [-0.39, 0.29) is 6.04 Å². The molecule has 0 saturated carbocycles. The van der Waals surface area contributed by atoms with Crippen molar-refractivity contribution < 1.29 is 4.42 Å². The zero-order valence-corrected chi connectivity index (χ0v) is 24.1. The topological polar surface area (TPSA) is 45.2 Å². The Kier molecular flexibility index (Phi) is 4.99. The fourth-order valence-electron chi connectivity index (χ4n) is 7.16. The van der Waals surface area contributed by atoms with Gasteiger partial charge in [-0.15, -0.1) is 0 Å². The maximum absolute atomic E-state index is 6.36. The molecule has 1 unspecified atom stereocenters. The van der Waals surface area contributed by atoms with Crippen molar-refractivity contribution >= 4 is 56.2 Å². The van der Waals surface area contributed by atoms with Crippen molar-refractivity contribution in [1.29, 1.82) is 0 Å². The number of fused-ring (bicyclic) bond motifs is 8. The van der Waals surface area contributed by atoms with Gasteiger partial charge < -0.3 is 9.32 Å². The maximum Gasteiger partial charge on any atom is 0.439 e. The van der Waals surface area contributed by atoms with E-state index in [4.69, 9.17) is 14.4 Å². The SMILES string of the molecule is C1=CC2=[N+](c3nc(-c4ccccc4)cc(-c4ccccc4)n3)c3ccccc3N3c4cc5oc6ccccc6c5cc4C(=C1)C23. The van der Waals surface area contributed by atoms with E-state index in [1.807, 2.05) is 24.3 Å². The lowest BCUT2D eigenvalue weighted by molar-refractivity contribution is 0.669. The summed E-state index contributed by atoms with van der Waals surface area (Å²) in [7, 11) is 0. The number of hydrogen-bond acceptors (Lipinski definition) is 4. The molecule has 0 bridgehead atoms. The molecule has 1 atom stereocenters. The molecule has 0 fully saturated rings. The highest BCUT2D eigenvalue weighted by atomic mass is 16.3. The van der Waals surface area contributed by atoms with Crippen molar-refractivity contribution in [2.45, 2.75) is 6.04 Å². The fraction of sp³-hybridized carbons (Fsp3) is 0.0250. The molecule has 0 amide bonds. The highest BCUT2D eigenvalue weighted by molar-refractivity contribution is 6.22. The summed E-state index contributed by atoms with van der Waals surface area (Å²) >= 11 is 0. The first kappa shape index (κ1) is 24.4. The minimum absolute atomic E-state index is 0.0261. The van der Waals surface area contributed by atoms with Crippen molar-refractivity contribution in [3.63, 3.8) is 0 Å². The summed E-state index contributed by atoms with van der Waals surface area (Å²) in [5.41, 5.74) is 12.6. The molecule has 45 heavy (non-hydrogen) atoms. The first-order valence-electron chi connectivity index (χ1n) is 15.2. The Morgan fingerprint density at radius 2 is 1.31 bits per heavy atom. The lowest BCUT2D eigenvalue weighted by Gasteiger charge is -2.35. The summed E-state index contributed by atoms with van der Waals surface area (Å²) in [6, 6.07) is 44.1. The normalized spacial score (nSPS) is 16.1. The van der Waals surface area contributed by atoms with Gasteiger partial charge in [-0.05, 0) is 35.9 Å². The van der Waals surface area contributed by atoms with E-state index in [1.165, 1.54) is 11.1 Å². The highest BCUT2D eigenvalue weighted by Gasteiger charge is 2.46. The van der Waals surface area contributed by atoms with Crippen LogP contribution in [-0.4, -0.2) is 21.7 Å². The van der Waals surface area contributed by atoms with Crippen LogP contribution < -0.4 is 9.48 Å². The van der Waals surface area contributed by atoms with Gasteiger partial charge in [0.25, 0.3) is 0 Å². The number of benzene rings is 5. The molecule has 10 rings (SSSR count). The minimum atomic E-state index is -0.0261. The zero-order valence-electron chi connectivity index (χ0n) is 24.1. The van der Waals surface area contributed by atoms with Gasteiger partial charge in [0.05, 0.1) is 11.4 Å². The van der Waals surface area contributed by atoms with Crippen molar-refractivity contribution in [2.75, 3.05) is 4.90 Å². The van der Waals surface area contributed by atoms with Crippen LogP contribution in [0.15, 0.2) is 150 Å². The standard InChI is InChI=1S/C40H25N4O/c1-3-12-25(13-4-1)31-23-32(26-14-5-2-6-15-26)42-40(41-31)44-34-19-9-8-18-33(34)43-36-24-38-30(27-16-7-10-21-37(27)45-38)22-29(36)28-17-11-20-35(44)39(28)43/h1-24,39H/q+1. The number of rotatable bonds is 3. The van der Waals surface area contributed by atoms with Crippen molar-refractivity contribution in [1.82, 2.24) is 14.5 Å². The van der Waals surface area contributed by atoms with Crippen LogP contribution >= 0.6 is 0 Å². The molecule has 5 heteroatoms. The highest BCUT2D eigenvalue weighted by Crippen LogP contribution is 2.53. The average molecular weight is 578 g/mol.